The lowest BCUT2D eigenvalue weighted by Gasteiger charge is -2.37. The number of hydrogen-bond donors (Lipinski definition) is 1. The Bertz CT molecular complexity index is 361. The molecule has 3 aliphatic rings. The van der Waals surface area contributed by atoms with Crippen LogP contribution in [0.4, 0.5) is 0 Å². The van der Waals surface area contributed by atoms with E-state index in [9.17, 15) is 9.59 Å². The molecule has 2 unspecified atom stereocenters. The van der Waals surface area contributed by atoms with Gasteiger partial charge in [-0.15, -0.1) is 0 Å². The van der Waals surface area contributed by atoms with Crippen molar-refractivity contribution in [1.29, 1.82) is 0 Å². The van der Waals surface area contributed by atoms with Gasteiger partial charge in [-0.1, -0.05) is 12.8 Å². The van der Waals surface area contributed by atoms with Gasteiger partial charge >= 0.3 is 0 Å². The van der Waals surface area contributed by atoms with Crippen molar-refractivity contribution < 1.29 is 9.59 Å². The number of rotatable bonds is 5. The van der Waals surface area contributed by atoms with Crippen molar-refractivity contribution in [2.24, 2.45) is 11.8 Å². The largest absolute Gasteiger partial charge is 0.342 e. The number of amides is 2. The fourth-order valence-electron chi connectivity index (χ4n) is 2.86. The fraction of sp³-hybridized carbons (Fsp3) is 0.857. The molecule has 3 fully saturated rings. The number of carbonyl (C=O) groups excluding carboxylic acids is 2. The van der Waals surface area contributed by atoms with Gasteiger partial charge in [0.15, 0.2) is 0 Å². The molecule has 2 atom stereocenters. The standard InChI is InChI=1S/C14H22N2O2/c1-9-13(17)15-12(11-6-7-11)14(18)16(9)8-2-3-10-4-5-10/h9-12H,2-8H2,1H3,(H,15,17). The van der Waals surface area contributed by atoms with E-state index in [1.165, 1.54) is 19.3 Å². The summed E-state index contributed by atoms with van der Waals surface area (Å²) in [4.78, 5) is 26.1. The second kappa shape index (κ2) is 4.56. The summed E-state index contributed by atoms with van der Waals surface area (Å²) in [6.07, 6.45) is 7.14. The van der Waals surface area contributed by atoms with Crippen molar-refractivity contribution in [3.63, 3.8) is 0 Å². The molecule has 2 aliphatic carbocycles. The Kier molecular flexibility index (Phi) is 3.04. The number of nitrogens with one attached hydrogen (secondary N) is 1. The van der Waals surface area contributed by atoms with Gasteiger partial charge in [0.05, 0.1) is 0 Å². The molecule has 0 radical (unpaired) electrons. The Morgan fingerprint density at radius 1 is 1.22 bits per heavy atom. The topological polar surface area (TPSA) is 49.4 Å². The van der Waals surface area contributed by atoms with Gasteiger partial charge in [0.1, 0.15) is 12.1 Å². The van der Waals surface area contributed by atoms with Crippen LogP contribution < -0.4 is 5.32 Å². The van der Waals surface area contributed by atoms with Crippen LogP contribution in [0.25, 0.3) is 0 Å². The smallest absolute Gasteiger partial charge is 0.246 e. The highest BCUT2D eigenvalue weighted by molar-refractivity contribution is 5.97. The molecule has 0 spiro atoms. The highest BCUT2D eigenvalue weighted by Crippen LogP contribution is 2.36. The van der Waals surface area contributed by atoms with E-state index in [4.69, 9.17) is 0 Å². The zero-order valence-electron chi connectivity index (χ0n) is 11.0. The van der Waals surface area contributed by atoms with Crippen molar-refractivity contribution in [2.75, 3.05) is 6.54 Å². The van der Waals surface area contributed by atoms with Crippen LogP contribution in [0.1, 0.15) is 45.4 Å². The molecule has 1 heterocycles. The Labute approximate surface area is 108 Å². The molecule has 100 valence electrons. The van der Waals surface area contributed by atoms with Gasteiger partial charge in [0.2, 0.25) is 11.8 Å². The van der Waals surface area contributed by atoms with E-state index in [-0.39, 0.29) is 23.9 Å². The maximum atomic E-state index is 12.4. The molecule has 2 saturated carbocycles. The van der Waals surface area contributed by atoms with Crippen molar-refractivity contribution >= 4 is 11.8 Å². The lowest BCUT2D eigenvalue weighted by Crippen LogP contribution is -2.63. The Balaban J connectivity index is 1.60. The van der Waals surface area contributed by atoms with E-state index >= 15 is 0 Å². The molecule has 2 amide bonds. The molecule has 1 aliphatic heterocycles. The van der Waals surface area contributed by atoms with Gasteiger partial charge in [0.25, 0.3) is 0 Å². The molecule has 0 aromatic rings. The maximum Gasteiger partial charge on any atom is 0.246 e. The van der Waals surface area contributed by atoms with Crippen molar-refractivity contribution in [2.45, 2.75) is 57.5 Å². The van der Waals surface area contributed by atoms with Gasteiger partial charge in [-0.05, 0) is 44.4 Å². The summed E-state index contributed by atoms with van der Waals surface area (Å²) in [6, 6.07) is -0.513. The summed E-state index contributed by atoms with van der Waals surface area (Å²) in [5.41, 5.74) is 0. The normalized spacial score (nSPS) is 32.6. The number of piperazine rings is 1. The van der Waals surface area contributed by atoms with Crippen LogP contribution in [0.15, 0.2) is 0 Å². The zero-order valence-corrected chi connectivity index (χ0v) is 11.0. The molecule has 18 heavy (non-hydrogen) atoms. The fourth-order valence-corrected chi connectivity index (χ4v) is 2.86. The molecule has 3 rings (SSSR count). The van der Waals surface area contributed by atoms with E-state index in [0.29, 0.717) is 5.92 Å². The molecular weight excluding hydrogens is 228 g/mol. The van der Waals surface area contributed by atoms with Crippen LogP contribution in [-0.4, -0.2) is 35.3 Å². The number of carbonyl (C=O) groups is 2. The molecule has 0 aromatic carbocycles. The molecule has 0 aromatic heterocycles. The number of hydrogen-bond acceptors (Lipinski definition) is 2. The van der Waals surface area contributed by atoms with Gasteiger partial charge in [-0.2, -0.15) is 0 Å². The SMILES string of the molecule is CC1C(=O)NC(C2CC2)C(=O)N1CCCC1CC1. The minimum absolute atomic E-state index is 0.0259. The van der Waals surface area contributed by atoms with Crippen LogP contribution in [0, 0.1) is 11.8 Å². The highest BCUT2D eigenvalue weighted by atomic mass is 16.2. The van der Waals surface area contributed by atoms with Crippen LogP contribution in [0.5, 0.6) is 0 Å². The third kappa shape index (κ3) is 2.38. The predicted molar refractivity (Wildman–Crippen MR) is 67.8 cm³/mol. The van der Waals surface area contributed by atoms with Gasteiger partial charge in [0, 0.05) is 6.54 Å². The minimum Gasteiger partial charge on any atom is -0.342 e. The molecule has 1 N–H and O–H groups in total. The van der Waals surface area contributed by atoms with Gasteiger partial charge < -0.3 is 10.2 Å². The summed E-state index contributed by atoms with van der Waals surface area (Å²) >= 11 is 0. The van der Waals surface area contributed by atoms with E-state index in [1.807, 2.05) is 11.8 Å². The average Bonchev–Trinajstić information content (AvgIpc) is 3.20. The van der Waals surface area contributed by atoms with E-state index in [1.54, 1.807) is 0 Å². The number of nitrogens with zero attached hydrogens (tertiary/aromatic N) is 1. The van der Waals surface area contributed by atoms with E-state index in [0.717, 1.165) is 31.7 Å². The predicted octanol–water partition coefficient (Wildman–Crippen LogP) is 1.30. The van der Waals surface area contributed by atoms with Crippen molar-refractivity contribution in [3.8, 4) is 0 Å². The first-order valence-corrected chi connectivity index (χ1v) is 7.27. The van der Waals surface area contributed by atoms with Gasteiger partial charge in [-0.25, -0.2) is 0 Å². The Morgan fingerprint density at radius 2 is 1.94 bits per heavy atom. The maximum absolute atomic E-state index is 12.4. The molecule has 4 heteroatoms. The van der Waals surface area contributed by atoms with Crippen LogP contribution in [-0.2, 0) is 9.59 Å². The molecular formula is C14H22N2O2. The molecule has 1 saturated heterocycles. The lowest BCUT2D eigenvalue weighted by atomic mass is 10.0. The quantitative estimate of drug-likeness (QED) is 0.799. The molecule has 4 nitrogen and oxygen atoms in total. The third-order valence-corrected chi connectivity index (χ3v) is 4.50. The second-order valence-electron chi connectivity index (χ2n) is 6.12. The summed E-state index contributed by atoms with van der Waals surface area (Å²) < 4.78 is 0. The van der Waals surface area contributed by atoms with Crippen LogP contribution in [0.2, 0.25) is 0 Å². The minimum atomic E-state index is -0.285. The van der Waals surface area contributed by atoms with Crippen molar-refractivity contribution in [1.82, 2.24) is 10.2 Å². The monoisotopic (exact) mass is 250 g/mol. The first kappa shape index (κ1) is 12.0. The van der Waals surface area contributed by atoms with Crippen molar-refractivity contribution in [3.05, 3.63) is 0 Å². The van der Waals surface area contributed by atoms with Gasteiger partial charge in [-0.3, -0.25) is 9.59 Å². The van der Waals surface area contributed by atoms with E-state index < -0.39 is 0 Å². The van der Waals surface area contributed by atoms with Crippen LogP contribution >= 0.6 is 0 Å². The first-order chi connectivity index (χ1) is 8.66. The second-order valence-corrected chi connectivity index (χ2v) is 6.12. The summed E-state index contributed by atoms with van der Waals surface area (Å²) in [7, 11) is 0. The Hall–Kier alpha value is -1.06. The first-order valence-electron chi connectivity index (χ1n) is 7.27. The third-order valence-electron chi connectivity index (χ3n) is 4.50. The highest BCUT2D eigenvalue weighted by Gasteiger charge is 2.45. The van der Waals surface area contributed by atoms with E-state index in [2.05, 4.69) is 5.32 Å². The lowest BCUT2D eigenvalue weighted by molar-refractivity contribution is -0.149. The summed E-state index contributed by atoms with van der Waals surface area (Å²) in [6.45, 7) is 2.60. The average molecular weight is 250 g/mol. The van der Waals surface area contributed by atoms with Crippen LogP contribution in [0.3, 0.4) is 0 Å². The molecule has 0 bridgehead atoms. The summed E-state index contributed by atoms with van der Waals surface area (Å²) in [5, 5.41) is 2.89. The zero-order chi connectivity index (χ0) is 12.7. The Morgan fingerprint density at radius 3 is 2.56 bits per heavy atom. The summed E-state index contributed by atoms with van der Waals surface area (Å²) in [5.74, 6) is 1.48.